The number of carbonyl (C=O) groups excluding carboxylic acids is 2. The molecule has 2 amide bonds. The third-order valence-electron chi connectivity index (χ3n) is 6.91. The van der Waals surface area contributed by atoms with Crippen LogP contribution in [0, 0.1) is 5.92 Å². The summed E-state index contributed by atoms with van der Waals surface area (Å²) >= 11 is 0. The van der Waals surface area contributed by atoms with Crippen LogP contribution in [0.25, 0.3) is 0 Å². The summed E-state index contributed by atoms with van der Waals surface area (Å²) in [5, 5.41) is 9.25. The number of rotatable bonds is 8. The van der Waals surface area contributed by atoms with Gasteiger partial charge in [-0.05, 0) is 47.7 Å². The van der Waals surface area contributed by atoms with E-state index >= 15 is 0 Å². The number of carbonyl (C=O) groups is 2. The summed E-state index contributed by atoms with van der Waals surface area (Å²) in [6, 6.07) is 9.25. The molecule has 1 aromatic carbocycles. The van der Waals surface area contributed by atoms with E-state index in [2.05, 4.69) is 4.98 Å². The average molecular weight is 502 g/mol. The van der Waals surface area contributed by atoms with E-state index in [-0.39, 0.29) is 37.2 Å². The quantitative estimate of drug-likeness (QED) is 0.593. The van der Waals surface area contributed by atoms with Crippen molar-refractivity contribution in [1.29, 1.82) is 0 Å². The van der Waals surface area contributed by atoms with E-state index in [1.165, 1.54) is 32.1 Å². The molecule has 0 radical (unpaired) electrons. The predicted octanol–water partition coefficient (Wildman–Crippen LogP) is 3.87. The molecule has 8 heteroatoms. The molecule has 2 aromatic rings. The molecule has 35 heavy (non-hydrogen) atoms. The summed E-state index contributed by atoms with van der Waals surface area (Å²) in [4.78, 5) is 33.4. The highest BCUT2D eigenvalue weighted by Gasteiger charge is 2.25. The predicted molar refractivity (Wildman–Crippen MR) is 137 cm³/mol. The number of aliphatic hydroxyl groups is 1. The van der Waals surface area contributed by atoms with Crippen LogP contribution in [0.3, 0.4) is 0 Å². The van der Waals surface area contributed by atoms with E-state index in [1.54, 1.807) is 28.3 Å². The van der Waals surface area contributed by atoms with Crippen molar-refractivity contribution in [3.05, 3.63) is 59.4 Å². The van der Waals surface area contributed by atoms with E-state index in [0.29, 0.717) is 43.9 Å². The van der Waals surface area contributed by atoms with Crippen LogP contribution in [0.5, 0.6) is 5.75 Å². The highest BCUT2D eigenvalue weighted by Crippen LogP contribution is 2.26. The Labute approximate surface area is 213 Å². The standard InChI is InChI=1S/C27H35N3O4.ClH/c31-20-23-15-22(18-28-19-23)16-26(32)29-10-12-30(13-11-29)27(33)24-7-4-8-25(17-24)34-14-9-21-5-2-1-3-6-21;/h4,7-8,15,17-19,21,31H,1-3,5-6,9-14,16,20H2;1H. The van der Waals surface area contributed by atoms with Gasteiger partial charge in [-0.1, -0.05) is 38.2 Å². The lowest BCUT2D eigenvalue weighted by atomic mass is 9.87. The van der Waals surface area contributed by atoms with Crippen molar-refractivity contribution >= 4 is 24.2 Å². The van der Waals surface area contributed by atoms with Crippen LogP contribution >= 0.6 is 12.4 Å². The van der Waals surface area contributed by atoms with Crippen LogP contribution in [0.4, 0.5) is 0 Å². The number of ether oxygens (including phenoxy) is 1. The first-order valence-corrected chi connectivity index (χ1v) is 12.5. The molecular formula is C27H36ClN3O4. The zero-order valence-electron chi connectivity index (χ0n) is 20.2. The smallest absolute Gasteiger partial charge is 0.254 e. The lowest BCUT2D eigenvalue weighted by molar-refractivity contribution is -0.131. The Bertz CT molecular complexity index is 972. The summed E-state index contributed by atoms with van der Waals surface area (Å²) < 4.78 is 5.96. The van der Waals surface area contributed by atoms with E-state index in [4.69, 9.17) is 4.74 Å². The van der Waals surface area contributed by atoms with Gasteiger partial charge in [-0.3, -0.25) is 14.6 Å². The van der Waals surface area contributed by atoms with Gasteiger partial charge in [0.15, 0.2) is 0 Å². The van der Waals surface area contributed by atoms with Gasteiger partial charge in [0.25, 0.3) is 5.91 Å². The van der Waals surface area contributed by atoms with Crippen LogP contribution in [0.15, 0.2) is 42.7 Å². The topological polar surface area (TPSA) is 83.0 Å². The second kappa shape index (κ2) is 13.4. The monoisotopic (exact) mass is 501 g/mol. The van der Waals surface area contributed by atoms with Gasteiger partial charge in [-0.25, -0.2) is 0 Å². The summed E-state index contributed by atoms with van der Waals surface area (Å²) in [7, 11) is 0. The molecule has 0 bridgehead atoms. The number of aromatic nitrogens is 1. The van der Waals surface area contributed by atoms with E-state index in [1.807, 2.05) is 24.3 Å². The van der Waals surface area contributed by atoms with Crippen molar-refractivity contribution < 1.29 is 19.4 Å². The molecule has 1 N–H and O–H groups in total. The molecular weight excluding hydrogens is 466 g/mol. The van der Waals surface area contributed by atoms with Gasteiger partial charge in [0.2, 0.25) is 5.91 Å². The first kappa shape index (κ1) is 27.0. The zero-order chi connectivity index (χ0) is 23.8. The lowest BCUT2D eigenvalue weighted by Crippen LogP contribution is -2.51. The first-order chi connectivity index (χ1) is 16.6. The molecule has 2 fully saturated rings. The van der Waals surface area contributed by atoms with Crippen molar-refractivity contribution in [3.8, 4) is 5.75 Å². The van der Waals surface area contributed by atoms with Crippen LogP contribution in [0.2, 0.25) is 0 Å². The summed E-state index contributed by atoms with van der Waals surface area (Å²) in [6.45, 7) is 2.63. The van der Waals surface area contributed by atoms with Gasteiger partial charge in [0.05, 0.1) is 19.6 Å². The number of halogens is 1. The maximum absolute atomic E-state index is 13.0. The fraction of sp³-hybridized carbons (Fsp3) is 0.519. The summed E-state index contributed by atoms with van der Waals surface area (Å²) in [6.07, 6.45) is 11.2. The normalized spacial score (nSPS) is 16.5. The molecule has 4 rings (SSSR count). The zero-order valence-corrected chi connectivity index (χ0v) is 21.0. The Morgan fingerprint density at radius 3 is 2.43 bits per heavy atom. The van der Waals surface area contributed by atoms with Crippen molar-refractivity contribution in [2.24, 2.45) is 5.92 Å². The van der Waals surface area contributed by atoms with Crippen molar-refractivity contribution in [2.75, 3.05) is 32.8 Å². The molecule has 190 valence electrons. The number of amides is 2. The summed E-state index contributed by atoms with van der Waals surface area (Å²) in [5.74, 6) is 1.50. The number of pyridine rings is 1. The fourth-order valence-corrected chi connectivity index (χ4v) is 4.89. The second-order valence-electron chi connectivity index (χ2n) is 9.38. The van der Waals surface area contributed by atoms with E-state index in [0.717, 1.165) is 23.7 Å². The van der Waals surface area contributed by atoms with Gasteiger partial charge < -0.3 is 19.6 Å². The van der Waals surface area contributed by atoms with Gasteiger partial charge in [-0.15, -0.1) is 12.4 Å². The minimum atomic E-state index is -0.0947. The first-order valence-electron chi connectivity index (χ1n) is 12.5. The lowest BCUT2D eigenvalue weighted by Gasteiger charge is -2.35. The molecule has 1 aliphatic heterocycles. The molecule has 1 saturated carbocycles. The molecule has 2 aliphatic rings. The van der Waals surface area contributed by atoms with Gasteiger partial charge >= 0.3 is 0 Å². The molecule has 0 spiro atoms. The Hall–Kier alpha value is -2.64. The number of piperazine rings is 1. The van der Waals surface area contributed by atoms with Crippen LogP contribution in [-0.4, -0.2) is 64.5 Å². The minimum absolute atomic E-state index is 0. The number of hydrogen-bond donors (Lipinski definition) is 1. The fourth-order valence-electron chi connectivity index (χ4n) is 4.89. The molecule has 0 atom stereocenters. The maximum atomic E-state index is 13.0. The number of hydrogen-bond acceptors (Lipinski definition) is 5. The van der Waals surface area contributed by atoms with Gasteiger partial charge in [0.1, 0.15) is 5.75 Å². The number of benzene rings is 1. The molecule has 7 nitrogen and oxygen atoms in total. The molecule has 1 saturated heterocycles. The maximum Gasteiger partial charge on any atom is 0.254 e. The summed E-state index contributed by atoms with van der Waals surface area (Å²) in [5.41, 5.74) is 2.11. The third-order valence-corrected chi connectivity index (χ3v) is 6.91. The van der Waals surface area contributed by atoms with Crippen molar-refractivity contribution in [1.82, 2.24) is 14.8 Å². The molecule has 0 unspecified atom stereocenters. The van der Waals surface area contributed by atoms with Gasteiger partial charge in [0, 0.05) is 44.1 Å². The van der Waals surface area contributed by atoms with Crippen LogP contribution in [-0.2, 0) is 17.8 Å². The second-order valence-corrected chi connectivity index (χ2v) is 9.38. The Kier molecular flexibility index (Phi) is 10.4. The van der Waals surface area contributed by atoms with Crippen molar-refractivity contribution in [3.63, 3.8) is 0 Å². The Morgan fingerprint density at radius 1 is 0.971 bits per heavy atom. The van der Waals surface area contributed by atoms with Crippen molar-refractivity contribution in [2.45, 2.75) is 51.6 Å². The Balaban J connectivity index is 0.00000342. The average Bonchev–Trinajstić information content (AvgIpc) is 2.89. The largest absolute Gasteiger partial charge is 0.494 e. The molecule has 2 heterocycles. The van der Waals surface area contributed by atoms with Crippen LogP contribution < -0.4 is 4.74 Å². The van der Waals surface area contributed by atoms with Crippen LogP contribution in [0.1, 0.15) is 60.0 Å². The molecule has 1 aromatic heterocycles. The van der Waals surface area contributed by atoms with E-state index in [9.17, 15) is 14.7 Å². The number of nitrogens with zero attached hydrogens (tertiary/aromatic N) is 3. The minimum Gasteiger partial charge on any atom is -0.494 e. The third kappa shape index (κ3) is 7.67. The Morgan fingerprint density at radius 2 is 1.69 bits per heavy atom. The van der Waals surface area contributed by atoms with Gasteiger partial charge in [-0.2, -0.15) is 0 Å². The SMILES string of the molecule is Cl.O=C(Cc1cncc(CO)c1)N1CCN(C(=O)c2cccc(OCCC3CCCCC3)c2)CC1. The highest BCUT2D eigenvalue weighted by molar-refractivity contribution is 5.94. The number of aliphatic hydroxyl groups excluding tert-OH is 1. The highest BCUT2D eigenvalue weighted by atomic mass is 35.5. The molecule has 1 aliphatic carbocycles. The van der Waals surface area contributed by atoms with E-state index < -0.39 is 0 Å².